The van der Waals surface area contributed by atoms with E-state index in [-0.39, 0.29) is 14.7 Å². The van der Waals surface area contributed by atoms with Crippen molar-refractivity contribution in [3.63, 3.8) is 0 Å². The molecule has 0 aromatic heterocycles. The van der Waals surface area contributed by atoms with Gasteiger partial charge in [-0.1, -0.05) is 39.5 Å². The van der Waals surface area contributed by atoms with Gasteiger partial charge in [0.05, 0.1) is 0 Å². The van der Waals surface area contributed by atoms with Crippen LogP contribution in [-0.4, -0.2) is 0 Å². The lowest BCUT2D eigenvalue weighted by Crippen LogP contribution is -2.23. The highest BCUT2D eigenvalue weighted by molar-refractivity contribution is 5.13. The van der Waals surface area contributed by atoms with E-state index in [1.54, 1.807) is 0 Å². The van der Waals surface area contributed by atoms with Crippen LogP contribution in [0, 0.1) is 23.7 Å². The van der Waals surface area contributed by atoms with E-state index in [0.717, 1.165) is 63.2 Å². The molecule has 0 nitrogen and oxygen atoms in total. The first kappa shape index (κ1) is 17.5. The predicted molar refractivity (Wildman–Crippen MR) is 77.9 cm³/mol. The van der Waals surface area contributed by atoms with Gasteiger partial charge in [-0.3, -0.25) is 0 Å². The minimum Gasteiger partial charge on any atom is -0.173 e. The van der Waals surface area contributed by atoms with Crippen molar-refractivity contribution in [3.8, 4) is 0 Å². The number of allylic oxidation sites excluding steroid dienone is 1. The Labute approximate surface area is 122 Å². The number of hydrogen-bond donors (Lipinski definition) is 0. The Morgan fingerprint density at radius 1 is 0.700 bits per heavy atom. The quantitative estimate of drug-likeness (QED) is 0.476. The van der Waals surface area contributed by atoms with E-state index in [1.807, 2.05) is 0 Å². The van der Waals surface area contributed by atoms with Crippen LogP contribution in [0.2, 0.25) is 0 Å². The Bertz CT molecular complexity index is 279. The van der Waals surface area contributed by atoms with Crippen molar-refractivity contribution >= 4 is 0 Å². The SMILES string of the molecule is CC1CCC(C(=C(F)F)C2CCC(C)CC2)CC1.FF.[HH].[HH]. The summed E-state index contributed by atoms with van der Waals surface area (Å²) in [5.41, 5.74) is 0.550. The molecule has 2 aliphatic rings. The Hall–Kier alpha value is -0.540. The van der Waals surface area contributed by atoms with E-state index in [2.05, 4.69) is 13.8 Å². The zero-order chi connectivity index (χ0) is 15.1. The van der Waals surface area contributed by atoms with Gasteiger partial charge in [0.2, 0.25) is 0 Å². The molecule has 0 aliphatic heterocycles. The van der Waals surface area contributed by atoms with Crippen LogP contribution in [0.4, 0.5) is 17.9 Å². The van der Waals surface area contributed by atoms with Gasteiger partial charge in [0.15, 0.2) is 0 Å². The van der Waals surface area contributed by atoms with E-state index >= 15 is 0 Å². The van der Waals surface area contributed by atoms with E-state index in [0.29, 0.717) is 5.57 Å². The second-order valence-corrected chi connectivity index (χ2v) is 6.63. The summed E-state index contributed by atoms with van der Waals surface area (Å²) in [7, 11) is 0. The van der Waals surface area contributed by atoms with Crippen molar-refractivity contribution in [3.05, 3.63) is 11.7 Å². The minimum absolute atomic E-state index is 0. The largest absolute Gasteiger partial charge is 0.270 e. The van der Waals surface area contributed by atoms with Gasteiger partial charge < -0.3 is 0 Å². The van der Waals surface area contributed by atoms with Crippen LogP contribution in [0.3, 0.4) is 0 Å². The summed E-state index contributed by atoms with van der Waals surface area (Å²) in [6.07, 6.45) is 7.11. The highest BCUT2D eigenvalue weighted by Gasteiger charge is 2.31. The molecule has 2 rings (SSSR count). The molecule has 0 radical (unpaired) electrons. The fourth-order valence-electron chi connectivity index (χ4n) is 3.78. The van der Waals surface area contributed by atoms with Crippen LogP contribution in [-0.2, 0) is 0 Å². The van der Waals surface area contributed by atoms with Crippen LogP contribution in [0.5, 0.6) is 0 Å². The number of hydrogen-bond acceptors (Lipinski definition) is 0. The molecule has 0 aromatic carbocycles. The molecule has 2 aliphatic carbocycles. The Balaban J connectivity index is 0. The van der Waals surface area contributed by atoms with Gasteiger partial charge in [0.25, 0.3) is 6.08 Å². The predicted octanol–water partition coefficient (Wildman–Crippen LogP) is 7.12. The molecule has 4 heteroatoms. The third kappa shape index (κ3) is 4.78. The lowest BCUT2D eigenvalue weighted by atomic mass is 9.71. The van der Waals surface area contributed by atoms with Gasteiger partial charge >= 0.3 is 0 Å². The summed E-state index contributed by atoms with van der Waals surface area (Å²) in [6, 6.07) is 0. The molecule has 2 saturated carbocycles. The summed E-state index contributed by atoms with van der Waals surface area (Å²) >= 11 is 0. The fraction of sp³-hybridized carbons (Fsp3) is 0.875. The van der Waals surface area contributed by atoms with Crippen molar-refractivity contribution in [2.45, 2.75) is 65.2 Å². The third-order valence-corrected chi connectivity index (χ3v) is 5.13. The molecule has 0 saturated heterocycles. The zero-order valence-corrected chi connectivity index (χ0v) is 12.5. The molecular weight excluding hydrogens is 268 g/mol. The molecule has 0 amide bonds. The van der Waals surface area contributed by atoms with E-state index in [4.69, 9.17) is 9.15 Å². The van der Waals surface area contributed by atoms with Gasteiger partial charge in [0.1, 0.15) is 0 Å². The molecule has 0 atom stereocenters. The number of halogens is 4. The highest BCUT2D eigenvalue weighted by atomic mass is 20.0. The molecule has 0 heterocycles. The smallest absolute Gasteiger partial charge is 0.173 e. The minimum atomic E-state index is -1.35. The summed E-state index contributed by atoms with van der Waals surface area (Å²) in [4.78, 5) is 0. The molecule has 0 N–H and O–H groups in total. The molecule has 122 valence electrons. The summed E-state index contributed by atoms with van der Waals surface area (Å²) in [5.74, 6) is 1.84. The maximum atomic E-state index is 13.3. The van der Waals surface area contributed by atoms with Crippen molar-refractivity contribution < 1.29 is 20.8 Å². The second-order valence-electron chi connectivity index (χ2n) is 6.63. The first-order chi connectivity index (χ1) is 9.58. The Kier molecular flexibility index (Phi) is 7.60. The standard InChI is InChI=1S/C16H26F2.F2.2H2/c1-11-3-7-13(8-4-11)15(16(17)18)14-9-5-12(2)6-10-14;1-2;;/h11-14H,3-10H2,1-2H3;;2*1H. The average molecular weight is 298 g/mol. The maximum Gasteiger partial charge on any atom is 0.270 e. The lowest BCUT2D eigenvalue weighted by Gasteiger charge is -2.34. The van der Waals surface area contributed by atoms with Crippen molar-refractivity contribution in [1.82, 2.24) is 0 Å². The highest BCUT2D eigenvalue weighted by Crippen LogP contribution is 2.43. The van der Waals surface area contributed by atoms with Gasteiger partial charge in [-0.2, -0.15) is 8.78 Å². The van der Waals surface area contributed by atoms with Gasteiger partial charge in [-0.15, -0.1) is 0 Å². The normalized spacial score (nSPS) is 33.9. The first-order valence-electron chi connectivity index (χ1n) is 7.77. The van der Waals surface area contributed by atoms with Crippen molar-refractivity contribution in [1.29, 1.82) is 0 Å². The van der Waals surface area contributed by atoms with E-state index in [9.17, 15) is 8.78 Å². The summed E-state index contributed by atoms with van der Waals surface area (Å²) in [6.45, 7) is 4.49. The molecule has 20 heavy (non-hydrogen) atoms. The summed E-state index contributed by atoms with van der Waals surface area (Å²) in [5, 5.41) is 0. The third-order valence-electron chi connectivity index (χ3n) is 5.13. The monoisotopic (exact) mass is 298 g/mol. The molecular formula is C16H30F4. The molecule has 0 unspecified atom stereocenters. The van der Waals surface area contributed by atoms with Crippen LogP contribution >= 0.6 is 0 Å². The first-order valence-corrected chi connectivity index (χ1v) is 7.77. The summed E-state index contributed by atoms with van der Waals surface area (Å²) < 4.78 is 42.7. The second kappa shape index (κ2) is 8.68. The van der Waals surface area contributed by atoms with Gasteiger partial charge in [-0.05, 0) is 49.4 Å². The van der Waals surface area contributed by atoms with Crippen LogP contribution in [0.15, 0.2) is 11.7 Å². The van der Waals surface area contributed by atoms with Crippen molar-refractivity contribution in [2.75, 3.05) is 0 Å². The van der Waals surface area contributed by atoms with E-state index in [1.165, 1.54) is 0 Å². The fourth-order valence-corrected chi connectivity index (χ4v) is 3.78. The average Bonchev–Trinajstić information content (AvgIpc) is 2.45. The molecule has 0 bridgehead atoms. The molecule has 0 spiro atoms. The van der Waals surface area contributed by atoms with Crippen molar-refractivity contribution in [2.24, 2.45) is 23.7 Å². The lowest BCUT2D eigenvalue weighted by molar-refractivity contribution is 0.108. The number of rotatable bonds is 2. The van der Waals surface area contributed by atoms with Crippen LogP contribution in [0.1, 0.15) is 68.1 Å². The van der Waals surface area contributed by atoms with Gasteiger partial charge in [0, 0.05) is 17.6 Å². The van der Waals surface area contributed by atoms with Crippen LogP contribution in [0.25, 0.3) is 0 Å². The Morgan fingerprint density at radius 3 is 1.25 bits per heavy atom. The molecule has 2 fully saturated rings. The maximum absolute atomic E-state index is 13.3. The zero-order valence-electron chi connectivity index (χ0n) is 12.5. The van der Waals surface area contributed by atoms with E-state index < -0.39 is 6.08 Å². The van der Waals surface area contributed by atoms with Gasteiger partial charge in [-0.25, -0.2) is 0 Å². The topological polar surface area (TPSA) is 0 Å². The Morgan fingerprint density at radius 2 is 1.00 bits per heavy atom. The molecule has 0 aromatic rings. The van der Waals surface area contributed by atoms with Crippen LogP contribution < -0.4 is 0 Å².